The zero-order valence-corrected chi connectivity index (χ0v) is 15.6. The highest BCUT2D eigenvalue weighted by molar-refractivity contribution is 7.88. The van der Waals surface area contributed by atoms with Crippen LogP contribution < -0.4 is 0 Å². The van der Waals surface area contributed by atoms with E-state index in [1.54, 1.807) is 6.20 Å². The van der Waals surface area contributed by atoms with E-state index in [1.165, 1.54) is 10.6 Å². The van der Waals surface area contributed by atoms with Gasteiger partial charge in [0.05, 0.1) is 6.26 Å². The molecule has 0 spiro atoms. The number of hydrogen-bond donors (Lipinski definition) is 0. The van der Waals surface area contributed by atoms with Crippen LogP contribution in [0.2, 0.25) is 0 Å². The quantitative estimate of drug-likeness (QED) is 0.811. The first kappa shape index (κ1) is 18.3. The molecule has 1 aromatic rings. The van der Waals surface area contributed by atoms with Crippen LogP contribution in [-0.2, 0) is 21.2 Å². The van der Waals surface area contributed by atoms with Gasteiger partial charge in [0.15, 0.2) is 0 Å². The van der Waals surface area contributed by atoms with E-state index in [0.717, 1.165) is 31.4 Å². The maximum Gasteiger partial charge on any atom is 0.225 e. The molecule has 0 aromatic carbocycles. The minimum atomic E-state index is -3.27. The van der Waals surface area contributed by atoms with Crippen LogP contribution in [0.1, 0.15) is 31.4 Å². The van der Waals surface area contributed by atoms with Crippen LogP contribution >= 0.6 is 0 Å². The number of sulfonamides is 1. The highest BCUT2D eigenvalue weighted by atomic mass is 32.2. The fraction of sp³-hybridized carbons (Fsp3) is 0.667. The van der Waals surface area contributed by atoms with Gasteiger partial charge in [-0.25, -0.2) is 12.7 Å². The summed E-state index contributed by atoms with van der Waals surface area (Å²) in [4.78, 5) is 19.1. The number of carbonyl (C=O) groups excluding carboxylic acids is 1. The zero-order chi connectivity index (χ0) is 17.9. The van der Waals surface area contributed by atoms with Crippen molar-refractivity contribution in [3.05, 3.63) is 30.1 Å². The molecule has 1 atom stereocenters. The molecule has 138 valence electrons. The molecule has 0 N–H and O–H groups in total. The lowest BCUT2D eigenvalue weighted by atomic mass is 10.0. The lowest BCUT2D eigenvalue weighted by Gasteiger charge is -2.26. The third-order valence-corrected chi connectivity index (χ3v) is 6.54. The number of nitrogens with zero attached hydrogens (tertiary/aromatic N) is 3. The molecule has 1 saturated heterocycles. The Morgan fingerprint density at radius 2 is 1.96 bits per heavy atom. The average Bonchev–Trinajstić information content (AvgIpc) is 3.02. The maximum atomic E-state index is 12.8. The van der Waals surface area contributed by atoms with Gasteiger partial charge in [0, 0.05) is 44.0 Å². The van der Waals surface area contributed by atoms with Gasteiger partial charge in [-0.1, -0.05) is 18.9 Å². The van der Waals surface area contributed by atoms with Gasteiger partial charge in [-0.3, -0.25) is 9.78 Å². The molecule has 25 heavy (non-hydrogen) atoms. The Hall–Kier alpha value is -1.47. The van der Waals surface area contributed by atoms with E-state index in [9.17, 15) is 13.2 Å². The molecule has 2 heterocycles. The number of rotatable bonds is 4. The largest absolute Gasteiger partial charge is 0.341 e. The van der Waals surface area contributed by atoms with Crippen LogP contribution in [-0.4, -0.2) is 60.9 Å². The van der Waals surface area contributed by atoms with Gasteiger partial charge in [0.1, 0.15) is 0 Å². The van der Waals surface area contributed by atoms with Crippen molar-refractivity contribution in [1.82, 2.24) is 14.2 Å². The first-order chi connectivity index (χ1) is 11.9. The van der Waals surface area contributed by atoms with Crippen molar-refractivity contribution >= 4 is 15.9 Å². The average molecular weight is 365 g/mol. The number of pyridine rings is 1. The number of amides is 1. The highest BCUT2D eigenvalue weighted by Gasteiger charge is 2.33. The van der Waals surface area contributed by atoms with Crippen molar-refractivity contribution in [2.24, 2.45) is 11.8 Å². The van der Waals surface area contributed by atoms with Gasteiger partial charge in [0.25, 0.3) is 0 Å². The summed E-state index contributed by atoms with van der Waals surface area (Å²) in [6.07, 6.45) is 7.86. The summed E-state index contributed by atoms with van der Waals surface area (Å²) in [7, 11) is -3.27. The summed E-state index contributed by atoms with van der Waals surface area (Å²) in [5, 5.41) is 0. The number of carbonyl (C=O) groups is 1. The van der Waals surface area contributed by atoms with E-state index < -0.39 is 10.0 Å². The van der Waals surface area contributed by atoms with Gasteiger partial charge in [-0.15, -0.1) is 0 Å². The molecule has 1 aliphatic carbocycles. The lowest BCUT2D eigenvalue weighted by molar-refractivity contribution is -0.135. The van der Waals surface area contributed by atoms with Crippen molar-refractivity contribution in [3.63, 3.8) is 0 Å². The SMILES string of the molecule is CS(=O)(=O)N1CCN(C(=O)C2CCCC2)CC(Cc2ccccn2)C1. The van der Waals surface area contributed by atoms with Crippen molar-refractivity contribution in [2.75, 3.05) is 32.4 Å². The second-order valence-electron chi connectivity index (χ2n) is 7.28. The van der Waals surface area contributed by atoms with E-state index in [1.807, 2.05) is 23.1 Å². The zero-order valence-electron chi connectivity index (χ0n) is 14.8. The monoisotopic (exact) mass is 365 g/mol. The van der Waals surface area contributed by atoms with Crippen LogP contribution in [0.3, 0.4) is 0 Å². The van der Waals surface area contributed by atoms with Crippen LogP contribution in [0.25, 0.3) is 0 Å². The van der Waals surface area contributed by atoms with Crippen molar-refractivity contribution in [1.29, 1.82) is 0 Å². The van der Waals surface area contributed by atoms with Crippen molar-refractivity contribution < 1.29 is 13.2 Å². The molecule has 1 amide bonds. The Bertz CT molecular complexity index is 687. The predicted octanol–water partition coefficient (Wildman–Crippen LogP) is 1.53. The lowest BCUT2D eigenvalue weighted by Crippen LogP contribution is -2.40. The van der Waals surface area contributed by atoms with Gasteiger partial charge in [-0.2, -0.15) is 0 Å². The molecule has 3 rings (SSSR count). The molecule has 0 bridgehead atoms. The molecular weight excluding hydrogens is 338 g/mol. The Kier molecular flexibility index (Phi) is 5.74. The summed E-state index contributed by atoms with van der Waals surface area (Å²) in [6, 6.07) is 5.77. The van der Waals surface area contributed by atoms with E-state index in [2.05, 4.69) is 4.98 Å². The normalized spacial score (nSPS) is 23.6. The summed E-state index contributed by atoms with van der Waals surface area (Å²) in [5.41, 5.74) is 0.941. The fourth-order valence-corrected chi connectivity index (χ4v) is 4.84. The smallest absolute Gasteiger partial charge is 0.225 e. The maximum absolute atomic E-state index is 12.8. The van der Waals surface area contributed by atoms with E-state index in [0.29, 0.717) is 32.6 Å². The third kappa shape index (κ3) is 4.79. The van der Waals surface area contributed by atoms with Gasteiger partial charge < -0.3 is 4.90 Å². The summed E-state index contributed by atoms with van der Waals surface area (Å²) in [6.45, 7) is 1.93. The second kappa shape index (κ2) is 7.83. The minimum Gasteiger partial charge on any atom is -0.341 e. The first-order valence-electron chi connectivity index (χ1n) is 9.07. The van der Waals surface area contributed by atoms with Crippen molar-refractivity contribution in [3.8, 4) is 0 Å². The molecule has 7 heteroatoms. The Labute approximate surface area is 150 Å². The molecule has 6 nitrogen and oxygen atoms in total. The molecule has 1 unspecified atom stereocenters. The van der Waals surface area contributed by atoms with Gasteiger partial charge in [-0.05, 0) is 37.3 Å². The Morgan fingerprint density at radius 1 is 1.20 bits per heavy atom. The minimum absolute atomic E-state index is 0.0671. The Morgan fingerprint density at radius 3 is 2.60 bits per heavy atom. The summed E-state index contributed by atoms with van der Waals surface area (Å²) in [5.74, 6) is 0.400. The van der Waals surface area contributed by atoms with Gasteiger partial charge in [0.2, 0.25) is 15.9 Å². The molecule has 1 aliphatic heterocycles. The molecule has 2 fully saturated rings. The van der Waals surface area contributed by atoms with E-state index in [4.69, 9.17) is 0 Å². The number of aromatic nitrogens is 1. The molecular formula is C18H27N3O3S. The summed E-state index contributed by atoms with van der Waals surface area (Å²) >= 11 is 0. The summed E-state index contributed by atoms with van der Waals surface area (Å²) < 4.78 is 25.7. The van der Waals surface area contributed by atoms with Crippen LogP contribution in [0, 0.1) is 11.8 Å². The molecule has 0 radical (unpaired) electrons. The van der Waals surface area contributed by atoms with Crippen LogP contribution in [0.5, 0.6) is 0 Å². The Balaban J connectivity index is 1.76. The molecule has 1 aromatic heterocycles. The standard InChI is InChI=1S/C18H27N3O3S/c1-25(23,24)21-11-10-20(18(22)16-6-2-3-7-16)13-15(14-21)12-17-8-4-5-9-19-17/h4-5,8-9,15-16H,2-3,6-7,10-14H2,1H3. The van der Waals surface area contributed by atoms with Crippen LogP contribution in [0.4, 0.5) is 0 Å². The van der Waals surface area contributed by atoms with Crippen LogP contribution in [0.15, 0.2) is 24.4 Å². The molecule has 1 saturated carbocycles. The fourth-order valence-electron chi connectivity index (χ4n) is 3.95. The third-order valence-electron chi connectivity index (χ3n) is 5.27. The molecule has 2 aliphatic rings. The van der Waals surface area contributed by atoms with E-state index in [-0.39, 0.29) is 17.7 Å². The first-order valence-corrected chi connectivity index (χ1v) is 10.9. The second-order valence-corrected chi connectivity index (χ2v) is 9.26. The topological polar surface area (TPSA) is 70.6 Å². The number of hydrogen-bond acceptors (Lipinski definition) is 4. The predicted molar refractivity (Wildman–Crippen MR) is 96.4 cm³/mol. The highest BCUT2D eigenvalue weighted by Crippen LogP contribution is 2.28. The van der Waals surface area contributed by atoms with Crippen molar-refractivity contribution in [2.45, 2.75) is 32.1 Å². The van der Waals surface area contributed by atoms with Gasteiger partial charge >= 0.3 is 0 Å². The van der Waals surface area contributed by atoms with E-state index >= 15 is 0 Å².